The summed E-state index contributed by atoms with van der Waals surface area (Å²) >= 11 is 0. The molecule has 2 nitrogen and oxygen atoms in total. The normalized spacial score (nSPS) is 10.3. The number of carbonyl (C=O) groups excluding carboxylic acids is 1. The van der Waals surface area contributed by atoms with Gasteiger partial charge in [0.15, 0.2) is 6.29 Å². The minimum Gasteiger partial charge on any atom is -0.489 e. The van der Waals surface area contributed by atoms with Gasteiger partial charge in [-0.1, -0.05) is 42.5 Å². The van der Waals surface area contributed by atoms with Gasteiger partial charge in [-0.2, -0.15) is 0 Å². The van der Waals surface area contributed by atoms with Crippen LogP contribution in [0.4, 0.5) is 4.39 Å². The summed E-state index contributed by atoms with van der Waals surface area (Å²) in [6.45, 7) is 0.449. The molecule has 0 aliphatic heterocycles. The van der Waals surface area contributed by atoms with Crippen molar-refractivity contribution in [2.45, 2.75) is 6.61 Å². The molecule has 3 aromatic carbocycles. The molecule has 0 aromatic heterocycles. The average Bonchev–Trinajstić information content (AvgIpc) is 2.61. The Morgan fingerprint density at radius 1 is 0.913 bits per heavy atom. The van der Waals surface area contributed by atoms with Crippen molar-refractivity contribution >= 4 is 6.29 Å². The Morgan fingerprint density at radius 3 is 2.35 bits per heavy atom. The minimum absolute atomic E-state index is 0.308. The number of aldehydes is 1. The molecule has 0 atom stereocenters. The second-order valence-corrected chi connectivity index (χ2v) is 5.15. The summed E-state index contributed by atoms with van der Waals surface area (Å²) in [7, 11) is 0. The topological polar surface area (TPSA) is 26.3 Å². The van der Waals surface area contributed by atoms with Crippen LogP contribution in [-0.4, -0.2) is 6.29 Å². The molecule has 0 aliphatic carbocycles. The van der Waals surface area contributed by atoms with Crippen LogP contribution in [0.15, 0.2) is 72.8 Å². The zero-order valence-electron chi connectivity index (χ0n) is 12.4. The highest BCUT2D eigenvalue weighted by molar-refractivity contribution is 5.88. The molecule has 0 radical (unpaired) electrons. The van der Waals surface area contributed by atoms with E-state index in [1.54, 1.807) is 30.3 Å². The predicted molar refractivity (Wildman–Crippen MR) is 88.0 cm³/mol. The lowest BCUT2D eigenvalue weighted by Gasteiger charge is -2.10. The van der Waals surface area contributed by atoms with E-state index >= 15 is 0 Å². The second-order valence-electron chi connectivity index (χ2n) is 5.15. The van der Waals surface area contributed by atoms with Gasteiger partial charge in [0.05, 0.1) is 0 Å². The lowest BCUT2D eigenvalue weighted by Crippen LogP contribution is -1.96. The summed E-state index contributed by atoms with van der Waals surface area (Å²) in [6, 6.07) is 21.2. The second kappa shape index (κ2) is 6.88. The Labute approximate surface area is 134 Å². The zero-order valence-corrected chi connectivity index (χ0v) is 12.4. The van der Waals surface area contributed by atoms with Crippen molar-refractivity contribution < 1.29 is 13.9 Å². The fraction of sp³-hybridized carbons (Fsp3) is 0.0500. The lowest BCUT2D eigenvalue weighted by atomic mass is 10.00. The highest BCUT2D eigenvalue weighted by Crippen LogP contribution is 2.28. The average molecular weight is 306 g/mol. The molecule has 0 aliphatic rings. The van der Waals surface area contributed by atoms with Crippen LogP contribution in [0.3, 0.4) is 0 Å². The summed E-state index contributed by atoms with van der Waals surface area (Å²) in [5.74, 6) is 0.358. The van der Waals surface area contributed by atoms with Crippen LogP contribution in [0.1, 0.15) is 15.9 Å². The van der Waals surface area contributed by atoms with E-state index in [1.807, 2.05) is 30.3 Å². The molecule has 0 bridgehead atoms. The quantitative estimate of drug-likeness (QED) is 0.628. The van der Waals surface area contributed by atoms with Gasteiger partial charge in [0.1, 0.15) is 18.2 Å². The van der Waals surface area contributed by atoms with Crippen LogP contribution in [0.25, 0.3) is 11.1 Å². The van der Waals surface area contributed by atoms with Crippen molar-refractivity contribution in [1.82, 2.24) is 0 Å². The van der Waals surface area contributed by atoms with E-state index in [9.17, 15) is 9.18 Å². The van der Waals surface area contributed by atoms with E-state index in [0.29, 0.717) is 17.9 Å². The third kappa shape index (κ3) is 3.64. The standard InChI is InChI=1S/C20H15FO2/c21-18-9-6-16(7-10-18)20-12-19(11-8-17(20)13-22)23-14-15-4-2-1-3-5-15/h1-13H,14H2. The maximum Gasteiger partial charge on any atom is 0.150 e. The van der Waals surface area contributed by atoms with Crippen molar-refractivity contribution in [2.24, 2.45) is 0 Å². The minimum atomic E-state index is -0.308. The molecule has 3 rings (SSSR count). The number of hydrogen-bond donors (Lipinski definition) is 0. The molecule has 114 valence electrons. The lowest BCUT2D eigenvalue weighted by molar-refractivity contribution is 0.112. The Balaban J connectivity index is 1.87. The third-order valence-electron chi connectivity index (χ3n) is 3.56. The largest absolute Gasteiger partial charge is 0.489 e. The predicted octanol–water partition coefficient (Wildman–Crippen LogP) is 4.88. The van der Waals surface area contributed by atoms with Gasteiger partial charge < -0.3 is 4.74 Å². The molecule has 23 heavy (non-hydrogen) atoms. The molecule has 0 heterocycles. The third-order valence-corrected chi connectivity index (χ3v) is 3.56. The molecule has 3 aromatic rings. The van der Waals surface area contributed by atoms with Crippen LogP contribution in [0.5, 0.6) is 5.75 Å². The summed E-state index contributed by atoms with van der Waals surface area (Å²) in [6.07, 6.45) is 0.791. The van der Waals surface area contributed by atoms with Gasteiger partial charge in [0, 0.05) is 5.56 Å². The van der Waals surface area contributed by atoms with Gasteiger partial charge >= 0.3 is 0 Å². The van der Waals surface area contributed by atoms with Gasteiger partial charge in [-0.15, -0.1) is 0 Å². The van der Waals surface area contributed by atoms with Crippen LogP contribution in [-0.2, 0) is 6.61 Å². The number of carbonyl (C=O) groups is 1. The van der Waals surface area contributed by atoms with Crippen molar-refractivity contribution in [3.8, 4) is 16.9 Å². The molecule has 3 heteroatoms. The molecule has 0 spiro atoms. The maximum atomic E-state index is 13.1. The number of ether oxygens (including phenoxy) is 1. The van der Waals surface area contributed by atoms with Crippen molar-refractivity contribution in [3.05, 3.63) is 89.7 Å². The first-order chi connectivity index (χ1) is 11.3. The van der Waals surface area contributed by atoms with E-state index in [1.165, 1.54) is 12.1 Å². The van der Waals surface area contributed by atoms with Crippen LogP contribution >= 0.6 is 0 Å². The van der Waals surface area contributed by atoms with Gasteiger partial charge in [0.25, 0.3) is 0 Å². The van der Waals surface area contributed by atoms with E-state index in [-0.39, 0.29) is 5.82 Å². The Hall–Kier alpha value is -2.94. The van der Waals surface area contributed by atoms with Crippen LogP contribution in [0.2, 0.25) is 0 Å². The molecule has 0 amide bonds. The van der Waals surface area contributed by atoms with Gasteiger partial charge in [0.2, 0.25) is 0 Å². The Kier molecular flexibility index (Phi) is 4.48. The van der Waals surface area contributed by atoms with Crippen LogP contribution < -0.4 is 4.74 Å². The molecule has 0 saturated heterocycles. The van der Waals surface area contributed by atoms with E-state index in [0.717, 1.165) is 23.0 Å². The van der Waals surface area contributed by atoms with E-state index in [2.05, 4.69) is 0 Å². The molecule has 0 N–H and O–H groups in total. The van der Waals surface area contributed by atoms with Crippen molar-refractivity contribution in [1.29, 1.82) is 0 Å². The fourth-order valence-corrected chi connectivity index (χ4v) is 2.35. The molecule has 0 fully saturated rings. The Morgan fingerprint density at radius 2 is 1.65 bits per heavy atom. The first-order valence-electron chi connectivity index (χ1n) is 7.28. The number of halogens is 1. The zero-order chi connectivity index (χ0) is 16.1. The summed E-state index contributed by atoms with van der Waals surface area (Å²) < 4.78 is 18.9. The SMILES string of the molecule is O=Cc1ccc(OCc2ccccc2)cc1-c1ccc(F)cc1. The summed E-state index contributed by atoms with van der Waals surface area (Å²) in [5, 5.41) is 0. The molecular weight excluding hydrogens is 291 g/mol. The number of rotatable bonds is 5. The first-order valence-corrected chi connectivity index (χ1v) is 7.28. The van der Waals surface area contributed by atoms with E-state index < -0.39 is 0 Å². The molecule has 0 saturated carbocycles. The monoisotopic (exact) mass is 306 g/mol. The smallest absolute Gasteiger partial charge is 0.150 e. The highest BCUT2D eigenvalue weighted by Gasteiger charge is 2.07. The van der Waals surface area contributed by atoms with Crippen LogP contribution in [0, 0.1) is 5.82 Å². The first kappa shape index (κ1) is 15.0. The summed E-state index contributed by atoms with van der Waals surface area (Å²) in [5.41, 5.74) is 3.11. The van der Waals surface area contributed by atoms with Crippen molar-refractivity contribution in [3.63, 3.8) is 0 Å². The Bertz CT molecular complexity index is 796. The number of hydrogen-bond acceptors (Lipinski definition) is 2. The highest BCUT2D eigenvalue weighted by atomic mass is 19.1. The maximum absolute atomic E-state index is 13.1. The van der Waals surface area contributed by atoms with Gasteiger partial charge in [-0.25, -0.2) is 4.39 Å². The summed E-state index contributed by atoms with van der Waals surface area (Å²) in [4.78, 5) is 11.2. The molecule has 0 unspecified atom stereocenters. The van der Waals surface area contributed by atoms with Gasteiger partial charge in [-0.3, -0.25) is 4.79 Å². The number of benzene rings is 3. The van der Waals surface area contributed by atoms with E-state index in [4.69, 9.17) is 4.74 Å². The van der Waals surface area contributed by atoms with Gasteiger partial charge in [-0.05, 0) is 47.0 Å². The van der Waals surface area contributed by atoms with Crippen molar-refractivity contribution in [2.75, 3.05) is 0 Å². The fourth-order valence-electron chi connectivity index (χ4n) is 2.35. The molecular formula is C20H15FO2.